The van der Waals surface area contributed by atoms with E-state index < -0.39 is 29.3 Å². The molecule has 5 rings (SSSR count). The number of hydrogen-bond acceptors (Lipinski definition) is 3. The number of amides is 2. The molecule has 6 nitrogen and oxygen atoms in total. The Kier molecular flexibility index (Phi) is 7.29. The molecule has 1 aliphatic carbocycles. The number of nitrogens with one attached hydrogen (secondary N) is 1. The van der Waals surface area contributed by atoms with Crippen molar-refractivity contribution >= 4 is 6.03 Å². The first-order valence-electron chi connectivity index (χ1n) is 13.3. The quantitative estimate of drug-likeness (QED) is 0.448. The molecule has 39 heavy (non-hydrogen) atoms. The lowest BCUT2D eigenvalue weighted by atomic mass is 9.66. The average Bonchev–Trinajstić information content (AvgIpc) is 3.40. The molecular weight excluding hydrogens is 507 g/mol. The first kappa shape index (κ1) is 27.0. The summed E-state index contributed by atoms with van der Waals surface area (Å²) < 4.78 is 43.1. The van der Waals surface area contributed by atoms with Crippen LogP contribution >= 0.6 is 0 Å². The van der Waals surface area contributed by atoms with Gasteiger partial charge in [-0.3, -0.25) is 4.79 Å². The molecule has 2 fully saturated rings. The van der Waals surface area contributed by atoms with Gasteiger partial charge in [0.2, 0.25) is 0 Å². The summed E-state index contributed by atoms with van der Waals surface area (Å²) in [5.41, 5.74) is -0.569. The van der Waals surface area contributed by atoms with Crippen LogP contribution in [-0.4, -0.2) is 45.5 Å². The van der Waals surface area contributed by atoms with Crippen LogP contribution in [0.25, 0.3) is 11.1 Å². The Morgan fingerprint density at radius 3 is 2.21 bits per heavy atom. The molecule has 0 radical (unpaired) electrons. The van der Waals surface area contributed by atoms with E-state index in [4.69, 9.17) is 0 Å². The van der Waals surface area contributed by atoms with E-state index in [0.29, 0.717) is 12.8 Å². The lowest BCUT2D eigenvalue weighted by Crippen LogP contribution is -2.63. The Labute approximate surface area is 225 Å². The predicted octanol–water partition coefficient (Wildman–Crippen LogP) is 5.53. The molecule has 2 atom stereocenters. The van der Waals surface area contributed by atoms with Gasteiger partial charge in [0.1, 0.15) is 0 Å². The van der Waals surface area contributed by atoms with Crippen molar-refractivity contribution < 1.29 is 23.1 Å². The van der Waals surface area contributed by atoms with Crippen molar-refractivity contribution in [3.05, 3.63) is 94.9 Å². The minimum absolute atomic E-state index is 0.0410. The van der Waals surface area contributed by atoms with Crippen LogP contribution in [0.15, 0.2) is 83.8 Å². The van der Waals surface area contributed by atoms with Crippen LogP contribution in [0.1, 0.15) is 43.7 Å². The third kappa shape index (κ3) is 5.45. The van der Waals surface area contributed by atoms with Gasteiger partial charge in [-0.2, -0.15) is 13.2 Å². The number of carbonyl (C=O) groups excluding carboxylic acids is 1. The van der Waals surface area contributed by atoms with Gasteiger partial charge in [0, 0.05) is 30.8 Å². The summed E-state index contributed by atoms with van der Waals surface area (Å²) in [4.78, 5) is 27.6. The number of rotatable bonds is 5. The Morgan fingerprint density at radius 1 is 0.949 bits per heavy atom. The van der Waals surface area contributed by atoms with Gasteiger partial charge >= 0.3 is 12.2 Å². The molecule has 1 saturated heterocycles. The number of aromatic nitrogens is 1. The highest BCUT2D eigenvalue weighted by Gasteiger charge is 2.56. The normalized spacial score (nSPS) is 21.6. The molecule has 2 aromatic carbocycles. The average molecular weight is 540 g/mol. The van der Waals surface area contributed by atoms with E-state index in [0.717, 1.165) is 24.0 Å². The third-order valence-corrected chi connectivity index (χ3v) is 8.39. The zero-order valence-electron chi connectivity index (χ0n) is 21.5. The molecule has 2 aliphatic rings. The molecule has 2 N–H and O–H groups in total. The highest BCUT2D eigenvalue weighted by Crippen LogP contribution is 2.51. The van der Waals surface area contributed by atoms with Crippen molar-refractivity contribution in [2.75, 3.05) is 13.1 Å². The monoisotopic (exact) mass is 539 g/mol. The standard InChI is InChI=1S/C30H32F3N3O3/c31-30(32,33)26(23-11-5-2-6-12-23)34-27(38)36-18-16-29(39,28(20-36)14-7-8-15-28)21-35-17-13-24(19-25(35)37)22-9-3-1-4-10-22/h1-6,9-13,17,19,26,39H,7-8,14-16,18,20-21H2,(H,34,38)/t26?,29-/m1/s1. The topological polar surface area (TPSA) is 74.6 Å². The minimum Gasteiger partial charge on any atom is -0.387 e. The number of aliphatic hydroxyl groups is 1. The van der Waals surface area contributed by atoms with Crippen molar-refractivity contribution in [1.82, 2.24) is 14.8 Å². The molecule has 1 aromatic heterocycles. The molecule has 1 spiro atoms. The molecule has 1 unspecified atom stereocenters. The van der Waals surface area contributed by atoms with E-state index in [2.05, 4.69) is 5.32 Å². The van der Waals surface area contributed by atoms with Gasteiger partial charge in [-0.05, 0) is 42.0 Å². The Morgan fingerprint density at radius 2 is 1.59 bits per heavy atom. The van der Waals surface area contributed by atoms with E-state index in [1.54, 1.807) is 18.3 Å². The summed E-state index contributed by atoms with van der Waals surface area (Å²) in [5.74, 6) is 0. The van der Waals surface area contributed by atoms with Crippen LogP contribution in [0.2, 0.25) is 0 Å². The largest absolute Gasteiger partial charge is 0.412 e. The molecule has 2 heterocycles. The zero-order valence-corrected chi connectivity index (χ0v) is 21.5. The van der Waals surface area contributed by atoms with E-state index in [1.807, 2.05) is 36.4 Å². The lowest BCUT2D eigenvalue weighted by molar-refractivity contribution is -0.157. The second kappa shape index (κ2) is 10.5. The van der Waals surface area contributed by atoms with Crippen LogP contribution in [0, 0.1) is 5.41 Å². The van der Waals surface area contributed by atoms with Crippen LogP contribution in [-0.2, 0) is 6.54 Å². The summed E-state index contributed by atoms with van der Waals surface area (Å²) in [7, 11) is 0. The SMILES string of the molecule is O=C(NC(c1ccccc1)C(F)(F)F)N1CC[C@@](O)(Cn2ccc(-c3ccccc3)cc2=O)C2(CCCC2)C1. The number of urea groups is 1. The lowest BCUT2D eigenvalue weighted by Gasteiger charge is -2.52. The van der Waals surface area contributed by atoms with Gasteiger partial charge in [0.25, 0.3) is 5.56 Å². The summed E-state index contributed by atoms with van der Waals surface area (Å²) >= 11 is 0. The molecule has 2 amide bonds. The zero-order chi connectivity index (χ0) is 27.7. The van der Waals surface area contributed by atoms with Gasteiger partial charge in [0.15, 0.2) is 6.04 Å². The number of likely N-dealkylation sites (tertiary alicyclic amines) is 1. The van der Waals surface area contributed by atoms with Gasteiger partial charge in [0.05, 0.1) is 12.1 Å². The first-order chi connectivity index (χ1) is 18.6. The Balaban J connectivity index is 1.35. The highest BCUT2D eigenvalue weighted by molar-refractivity contribution is 5.75. The van der Waals surface area contributed by atoms with Gasteiger partial charge in [-0.25, -0.2) is 4.79 Å². The first-order valence-corrected chi connectivity index (χ1v) is 13.3. The van der Waals surface area contributed by atoms with Crippen LogP contribution in [0.5, 0.6) is 0 Å². The summed E-state index contributed by atoms with van der Waals surface area (Å²) in [6, 6.07) is 17.3. The second-order valence-corrected chi connectivity index (χ2v) is 10.8. The fourth-order valence-corrected chi connectivity index (χ4v) is 6.22. The number of pyridine rings is 1. The van der Waals surface area contributed by atoms with Crippen LogP contribution in [0.4, 0.5) is 18.0 Å². The maximum Gasteiger partial charge on any atom is 0.412 e. The maximum atomic E-state index is 13.9. The summed E-state index contributed by atoms with van der Waals surface area (Å²) in [6.45, 7) is 0.275. The van der Waals surface area contributed by atoms with Gasteiger partial charge in [-0.15, -0.1) is 0 Å². The summed E-state index contributed by atoms with van der Waals surface area (Å²) in [5, 5.41) is 14.2. The number of alkyl halides is 3. The molecular formula is C30H32F3N3O3. The number of piperidine rings is 1. The highest BCUT2D eigenvalue weighted by atomic mass is 19.4. The number of nitrogens with zero attached hydrogens (tertiary/aromatic N) is 2. The van der Waals surface area contributed by atoms with Crippen molar-refractivity contribution in [2.24, 2.45) is 5.41 Å². The minimum atomic E-state index is -4.66. The molecule has 1 aliphatic heterocycles. The number of hydrogen-bond donors (Lipinski definition) is 2. The smallest absolute Gasteiger partial charge is 0.387 e. The van der Waals surface area contributed by atoms with Crippen molar-refractivity contribution in [3.8, 4) is 11.1 Å². The maximum absolute atomic E-state index is 13.9. The van der Waals surface area contributed by atoms with E-state index >= 15 is 0 Å². The molecule has 206 valence electrons. The number of halogens is 3. The van der Waals surface area contributed by atoms with Gasteiger partial charge < -0.3 is 19.9 Å². The fraction of sp³-hybridized carbons (Fsp3) is 0.400. The number of carbonyl (C=O) groups is 1. The predicted molar refractivity (Wildman–Crippen MR) is 142 cm³/mol. The van der Waals surface area contributed by atoms with E-state index in [1.165, 1.54) is 33.7 Å². The Bertz CT molecular complexity index is 1350. The molecule has 9 heteroatoms. The Hall–Kier alpha value is -3.59. The fourth-order valence-electron chi connectivity index (χ4n) is 6.22. The van der Waals surface area contributed by atoms with Crippen LogP contribution < -0.4 is 10.9 Å². The molecule has 0 bridgehead atoms. The molecule has 3 aromatic rings. The number of benzene rings is 2. The summed E-state index contributed by atoms with van der Waals surface area (Å²) in [6.07, 6.45) is 0.125. The third-order valence-electron chi connectivity index (χ3n) is 8.39. The second-order valence-electron chi connectivity index (χ2n) is 10.8. The van der Waals surface area contributed by atoms with Crippen molar-refractivity contribution in [2.45, 2.75) is 56.5 Å². The van der Waals surface area contributed by atoms with E-state index in [-0.39, 0.29) is 37.2 Å². The molecule has 1 saturated carbocycles. The van der Waals surface area contributed by atoms with Crippen LogP contribution in [0.3, 0.4) is 0 Å². The van der Waals surface area contributed by atoms with Gasteiger partial charge in [-0.1, -0.05) is 73.5 Å². The van der Waals surface area contributed by atoms with Crippen molar-refractivity contribution in [1.29, 1.82) is 0 Å². The van der Waals surface area contributed by atoms with Crippen molar-refractivity contribution in [3.63, 3.8) is 0 Å². The van der Waals surface area contributed by atoms with E-state index in [9.17, 15) is 27.9 Å².